The molecule has 428 valence electrons. The predicted molar refractivity (Wildman–Crippen MR) is 316 cm³/mol. The Hall–Kier alpha value is -4.64. The van der Waals surface area contributed by atoms with E-state index in [0.29, 0.717) is 19.3 Å². The number of carbonyl (C=O) groups excluding carboxylic acids is 3. The summed E-state index contributed by atoms with van der Waals surface area (Å²) in [5, 5.41) is 9.81. The highest BCUT2D eigenvalue weighted by Crippen LogP contribution is 2.43. The standard InChI is InChI=1S/C64H101O11P/c1-4-7-10-13-16-19-22-25-28-29-30-31-34-35-38-41-44-47-50-53-62(66)71-57-61(75-64(68)55-52-49-46-43-40-37-33-27-24-21-18-15-12-9-6-3)59-73-76(69,70)72-58-60(56-65)74-63(67)54-51-48-45-42-39-36-32-26-23-20-17-14-11-8-5-2/h7-12,16-21,25-28,30-33,40,43,49,52,60-61,65H,4-6,13-15,22-24,29,34-39,41-42,44-48,50-51,53-59H2,1-3H3,(H,69,70)/b10-7-,11-8-,12-9-,19-16-,20-17-,21-18-,28-25-,31-30-,32-26-,33-27-,43-40-,52-49-. The molecule has 0 amide bonds. The molecular weight excluding hydrogens is 976 g/mol. The number of esters is 3. The molecule has 0 spiro atoms. The van der Waals surface area contributed by atoms with Gasteiger partial charge in [0.25, 0.3) is 0 Å². The lowest BCUT2D eigenvalue weighted by Gasteiger charge is -2.21. The van der Waals surface area contributed by atoms with Gasteiger partial charge in [-0.1, -0.05) is 212 Å². The first kappa shape index (κ1) is 71.4. The summed E-state index contributed by atoms with van der Waals surface area (Å²) < 4.78 is 39.4. The maximum atomic E-state index is 12.9. The van der Waals surface area contributed by atoms with Gasteiger partial charge in [-0.2, -0.15) is 0 Å². The summed E-state index contributed by atoms with van der Waals surface area (Å²) in [6.07, 6.45) is 72.6. The molecule has 3 atom stereocenters. The number of hydrogen-bond acceptors (Lipinski definition) is 10. The molecule has 0 radical (unpaired) electrons. The van der Waals surface area contributed by atoms with Crippen molar-refractivity contribution in [3.8, 4) is 0 Å². The molecule has 11 nitrogen and oxygen atoms in total. The summed E-state index contributed by atoms with van der Waals surface area (Å²) in [5.74, 6) is -1.67. The molecule has 0 bridgehead atoms. The molecule has 0 rings (SSSR count). The van der Waals surface area contributed by atoms with E-state index in [1.54, 1.807) is 6.08 Å². The van der Waals surface area contributed by atoms with E-state index in [9.17, 15) is 28.9 Å². The lowest BCUT2D eigenvalue weighted by molar-refractivity contribution is -0.160. The van der Waals surface area contributed by atoms with Gasteiger partial charge in [-0.15, -0.1) is 0 Å². The van der Waals surface area contributed by atoms with Crippen LogP contribution in [0.5, 0.6) is 0 Å². The number of phosphoric ester groups is 1. The van der Waals surface area contributed by atoms with Crippen LogP contribution in [0.3, 0.4) is 0 Å². The van der Waals surface area contributed by atoms with Crippen molar-refractivity contribution in [1.82, 2.24) is 0 Å². The third-order valence-corrected chi connectivity index (χ3v) is 12.2. The lowest BCUT2D eigenvalue weighted by Crippen LogP contribution is -2.30. The smallest absolute Gasteiger partial charge is 0.462 e. The summed E-state index contributed by atoms with van der Waals surface area (Å²) in [6.45, 7) is 4.13. The minimum absolute atomic E-state index is 0.0774. The maximum Gasteiger partial charge on any atom is 0.472 e. The van der Waals surface area contributed by atoms with Gasteiger partial charge in [-0.25, -0.2) is 4.57 Å². The predicted octanol–water partition coefficient (Wildman–Crippen LogP) is 17.1. The average Bonchev–Trinajstić information content (AvgIpc) is 3.41. The Labute approximate surface area is 461 Å². The summed E-state index contributed by atoms with van der Waals surface area (Å²) in [7, 11) is -4.79. The molecule has 0 fully saturated rings. The zero-order valence-corrected chi connectivity index (χ0v) is 48.0. The van der Waals surface area contributed by atoms with E-state index in [-0.39, 0.29) is 19.3 Å². The highest BCUT2D eigenvalue weighted by molar-refractivity contribution is 7.47. The molecule has 76 heavy (non-hydrogen) atoms. The highest BCUT2D eigenvalue weighted by atomic mass is 31.2. The molecule has 0 saturated heterocycles. The van der Waals surface area contributed by atoms with E-state index in [0.717, 1.165) is 141 Å². The number of aliphatic hydroxyl groups is 1. The van der Waals surface area contributed by atoms with Crippen LogP contribution in [0.25, 0.3) is 0 Å². The number of carbonyl (C=O) groups is 3. The zero-order valence-electron chi connectivity index (χ0n) is 47.2. The third kappa shape index (κ3) is 54.2. The fraction of sp³-hybridized carbons (Fsp3) is 0.578. The number of allylic oxidation sites excluding steroid dienone is 23. The van der Waals surface area contributed by atoms with Gasteiger partial charge in [0.05, 0.1) is 26.2 Å². The largest absolute Gasteiger partial charge is 0.472 e. The van der Waals surface area contributed by atoms with Crippen LogP contribution in [-0.2, 0) is 42.2 Å². The Morgan fingerprint density at radius 3 is 1.09 bits per heavy atom. The summed E-state index contributed by atoms with van der Waals surface area (Å²) in [6, 6.07) is 0. The summed E-state index contributed by atoms with van der Waals surface area (Å²) >= 11 is 0. The molecule has 0 aliphatic rings. The van der Waals surface area contributed by atoms with Gasteiger partial charge in [-0.3, -0.25) is 23.4 Å². The average molecular weight is 1080 g/mol. The van der Waals surface area contributed by atoms with Crippen molar-refractivity contribution in [3.63, 3.8) is 0 Å². The highest BCUT2D eigenvalue weighted by Gasteiger charge is 2.28. The van der Waals surface area contributed by atoms with Crippen molar-refractivity contribution in [3.05, 3.63) is 146 Å². The normalized spacial score (nSPS) is 14.4. The minimum Gasteiger partial charge on any atom is -0.462 e. The Morgan fingerprint density at radius 1 is 0.382 bits per heavy atom. The molecular formula is C64H101O11P. The van der Waals surface area contributed by atoms with Gasteiger partial charge in [0.2, 0.25) is 0 Å². The molecule has 0 aromatic heterocycles. The van der Waals surface area contributed by atoms with Crippen molar-refractivity contribution in [2.24, 2.45) is 0 Å². The van der Waals surface area contributed by atoms with Crippen LogP contribution in [0.2, 0.25) is 0 Å². The first-order chi connectivity index (χ1) is 37.2. The Kier molecular flexibility index (Phi) is 53.1. The van der Waals surface area contributed by atoms with E-state index in [4.69, 9.17) is 23.3 Å². The van der Waals surface area contributed by atoms with Gasteiger partial charge in [0.1, 0.15) is 12.7 Å². The van der Waals surface area contributed by atoms with E-state index < -0.39 is 64.4 Å². The Bertz CT molecular complexity index is 1830. The van der Waals surface area contributed by atoms with Crippen LogP contribution in [0.1, 0.15) is 201 Å². The quantitative estimate of drug-likeness (QED) is 0.0197. The number of phosphoric acid groups is 1. The van der Waals surface area contributed by atoms with Gasteiger partial charge >= 0.3 is 25.7 Å². The molecule has 2 N–H and O–H groups in total. The first-order valence-electron chi connectivity index (χ1n) is 28.7. The van der Waals surface area contributed by atoms with E-state index in [2.05, 4.69) is 142 Å². The maximum absolute atomic E-state index is 12.9. The van der Waals surface area contributed by atoms with Crippen molar-refractivity contribution in [2.75, 3.05) is 26.4 Å². The first-order valence-corrected chi connectivity index (χ1v) is 30.2. The molecule has 0 saturated carbocycles. The van der Waals surface area contributed by atoms with Gasteiger partial charge < -0.3 is 24.2 Å². The van der Waals surface area contributed by atoms with Crippen molar-refractivity contribution >= 4 is 25.7 Å². The zero-order chi connectivity index (χ0) is 55.5. The number of unbranched alkanes of at least 4 members (excludes halogenated alkanes) is 11. The van der Waals surface area contributed by atoms with Crippen LogP contribution in [-0.4, -0.2) is 66.5 Å². The number of rotatable bonds is 51. The SMILES string of the molecule is CC/C=C\C/C=C\C/C=C\C/C=C\C/C=C\CC(=O)OC(COC(=O)CCCCCCCC/C=C\C/C=C\C/C=C\C/C=C\CC)COP(=O)(O)OCC(CO)OC(=O)CCCCCCC/C=C\C/C=C\C/C=C\CC. The second-order valence-electron chi connectivity index (χ2n) is 18.3. The van der Waals surface area contributed by atoms with E-state index in [1.165, 1.54) is 0 Å². The second kappa shape index (κ2) is 56.6. The third-order valence-electron chi connectivity index (χ3n) is 11.3. The van der Waals surface area contributed by atoms with Crippen molar-refractivity contribution < 1.29 is 52.2 Å². The molecule has 0 aliphatic carbocycles. The van der Waals surface area contributed by atoms with E-state index >= 15 is 0 Å². The van der Waals surface area contributed by atoms with Gasteiger partial charge in [-0.05, 0) is 116 Å². The van der Waals surface area contributed by atoms with Crippen molar-refractivity contribution in [1.29, 1.82) is 0 Å². The monoisotopic (exact) mass is 1080 g/mol. The Morgan fingerprint density at radius 2 is 0.697 bits per heavy atom. The van der Waals surface area contributed by atoms with Crippen molar-refractivity contribution in [2.45, 2.75) is 213 Å². The molecule has 0 aromatic carbocycles. The second-order valence-corrected chi connectivity index (χ2v) is 19.8. The fourth-order valence-electron chi connectivity index (χ4n) is 7.02. The molecule has 0 aromatic rings. The summed E-state index contributed by atoms with van der Waals surface area (Å²) in [4.78, 5) is 48.5. The minimum atomic E-state index is -4.79. The molecule has 12 heteroatoms. The van der Waals surface area contributed by atoms with Gasteiger partial charge in [0.15, 0.2) is 6.10 Å². The topological polar surface area (TPSA) is 155 Å². The molecule has 0 heterocycles. The van der Waals surface area contributed by atoms with E-state index in [1.807, 2.05) is 18.2 Å². The van der Waals surface area contributed by atoms with Crippen LogP contribution in [0.15, 0.2) is 146 Å². The molecule has 3 unspecified atom stereocenters. The van der Waals surface area contributed by atoms with Crippen LogP contribution < -0.4 is 0 Å². The molecule has 0 aliphatic heterocycles. The lowest BCUT2D eigenvalue weighted by atomic mass is 10.1. The number of ether oxygens (including phenoxy) is 3. The fourth-order valence-corrected chi connectivity index (χ4v) is 7.81. The number of hydrogen-bond donors (Lipinski definition) is 2. The Balaban J connectivity index is 4.87. The van der Waals surface area contributed by atoms with Gasteiger partial charge in [0, 0.05) is 12.8 Å². The van der Waals surface area contributed by atoms with Crippen LogP contribution in [0.4, 0.5) is 0 Å². The van der Waals surface area contributed by atoms with Crippen LogP contribution >= 0.6 is 7.82 Å². The number of aliphatic hydroxyl groups excluding tert-OH is 1. The summed E-state index contributed by atoms with van der Waals surface area (Å²) in [5.41, 5.74) is 0. The van der Waals surface area contributed by atoms with Crippen LogP contribution in [0, 0.1) is 0 Å².